The summed E-state index contributed by atoms with van der Waals surface area (Å²) in [4.78, 5) is 0. The first-order chi connectivity index (χ1) is 9.94. The minimum Gasteiger partial charge on any atom is -0.357 e. The van der Waals surface area contributed by atoms with E-state index in [1.165, 1.54) is 5.56 Å². The molecule has 0 spiro atoms. The van der Waals surface area contributed by atoms with Gasteiger partial charge in [-0.25, -0.2) is 0 Å². The van der Waals surface area contributed by atoms with Crippen LogP contribution in [0, 0.1) is 0 Å². The van der Waals surface area contributed by atoms with Crippen molar-refractivity contribution in [2.24, 2.45) is 0 Å². The molecule has 2 aromatic rings. The van der Waals surface area contributed by atoms with Crippen LogP contribution in [-0.4, -0.2) is 10.7 Å². The lowest BCUT2D eigenvalue weighted by molar-refractivity contribution is 0.461. The number of rotatable bonds is 4. The molecule has 0 saturated heterocycles. The van der Waals surface area contributed by atoms with Crippen LogP contribution in [0.3, 0.4) is 0 Å². The van der Waals surface area contributed by atoms with Gasteiger partial charge in [0.1, 0.15) is 0 Å². The summed E-state index contributed by atoms with van der Waals surface area (Å²) >= 11 is 11.3. The third kappa shape index (κ3) is 5.37. The van der Waals surface area contributed by atoms with E-state index in [0.29, 0.717) is 5.11 Å². The van der Waals surface area contributed by atoms with E-state index in [9.17, 15) is 0 Å². The van der Waals surface area contributed by atoms with Crippen molar-refractivity contribution in [2.45, 2.75) is 25.8 Å². The van der Waals surface area contributed by atoms with E-state index in [0.717, 1.165) is 17.1 Å². The third-order valence-electron chi connectivity index (χ3n) is 3.04. The highest BCUT2D eigenvalue weighted by atomic mass is 35.5. The van der Waals surface area contributed by atoms with Gasteiger partial charge >= 0.3 is 0 Å². The number of hydrogen-bond donors (Lipinski definition) is 2. The molecule has 2 rings (SSSR count). The number of halogens is 1. The quantitative estimate of drug-likeness (QED) is 0.803. The van der Waals surface area contributed by atoms with Crippen LogP contribution in [0.2, 0.25) is 5.02 Å². The van der Waals surface area contributed by atoms with Crippen molar-refractivity contribution in [3.05, 3.63) is 65.2 Å². The summed E-state index contributed by atoms with van der Waals surface area (Å²) in [6, 6.07) is 17.8. The van der Waals surface area contributed by atoms with Gasteiger partial charge in [0.25, 0.3) is 0 Å². The largest absolute Gasteiger partial charge is 0.357 e. The summed E-state index contributed by atoms with van der Waals surface area (Å²) in [5.41, 5.74) is 2.06. The van der Waals surface area contributed by atoms with Gasteiger partial charge in [-0.1, -0.05) is 41.9 Å². The number of para-hydroxylation sites is 1. The summed E-state index contributed by atoms with van der Waals surface area (Å²) in [5, 5.41) is 7.93. The molecule has 2 aromatic carbocycles. The molecule has 0 atom stereocenters. The monoisotopic (exact) mass is 318 g/mol. The van der Waals surface area contributed by atoms with Gasteiger partial charge in [0, 0.05) is 16.2 Å². The number of benzene rings is 2. The van der Waals surface area contributed by atoms with Crippen LogP contribution >= 0.6 is 23.8 Å². The van der Waals surface area contributed by atoms with Gasteiger partial charge in [-0.05, 0) is 62.3 Å². The topological polar surface area (TPSA) is 24.1 Å². The maximum Gasteiger partial charge on any atom is 0.171 e. The van der Waals surface area contributed by atoms with Gasteiger partial charge in [0.2, 0.25) is 0 Å². The first-order valence-electron chi connectivity index (χ1n) is 6.83. The SMILES string of the molecule is CC(C)(Cc1ccc(Cl)cc1)NC(=S)Nc1ccccc1. The maximum absolute atomic E-state index is 5.91. The molecule has 0 aliphatic rings. The van der Waals surface area contributed by atoms with Crippen molar-refractivity contribution in [3.8, 4) is 0 Å². The van der Waals surface area contributed by atoms with Crippen LogP contribution in [-0.2, 0) is 6.42 Å². The highest BCUT2D eigenvalue weighted by molar-refractivity contribution is 7.80. The zero-order valence-corrected chi connectivity index (χ0v) is 13.8. The summed E-state index contributed by atoms with van der Waals surface area (Å²) in [6.45, 7) is 4.25. The average molecular weight is 319 g/mol. The molecule has 0 amide bonds. The van der Waals surface area contributed by atoms with Crippen molar-refractivity contribution in [2.75, 3.05) is 5.32 Å². The third-order valence-corrected chi connectivity index (χ3v) is 3.50. The fourth-order valence-electron chi connectivity index (χ4n) is 2.15. The molecule has 0 bridgehead atoms. The van der Waals surface area contributed by atoms with Crippen LogP contribution in [0.4, 0.5) is 5.69 Å². The Morgan fingerprint density at radius 3 is 2.29 bits per heavy atom. The van der Waals surface area contributed by atoms with Crippen molar-refractivity contribution in [1.29, 1.82) is 0 Å². The second kappa shape index (κ2) is 6.92. The highest BCUT2D eigenvalue weighted by Crippen LogP contribution is 2.16. The second-order valence-corrected chi connectivity index (χ2v) is 6.48. The van der Waals surface area contributed by atoms with E-state index in [-0.39, 0.29) is 5.54 Å². The van der Waals surface area contributed by atoms with Crippen molar-refractivity contribution >= 4 is 34.6 Å². The minimum atomic E-state index is -0.146. The number of anilines is 1. The molecule has 2 N–H and O–H groups in total. The van der Waals surface area contributed by atoms with E-state index in [1.807, 2.05) is 54.6 Å². The zero-order valence-electron chi connectivity index (χ0n) is 12.2. The predicted octanol–water partition coefficient (Wildman–Crippen LogP) is 4.65. The highest BCUT2D eigenvalue weighted by Gasteiger charge is 2.19. The van der Waals surface area contributed by atoms with Crippen molar-refractivity contribution < 1.29 is 0 Å². The maximum atomic E-state index is 5.91. The van der Waals surface area contributed by atoms with Gasteiger partial charge in [-0.15, -0.1) is 0 Å². The lowest BCUT2D eigenvalue weighted by atomic mass is 9.95. The Hall–Kier alpha value is -1.58. The first-order valence-corrected chi connectivity index (χ1v) is 7.62. The van der Waals surface area contributed by atoms with Crippen molar-refractivity contribution in [3.63, 3.8) is 0 Å². The number of thiocarbonyl (C=S) groups is 1. The predicted molar refractivity (Wildman–Crippen MR) is 95.0 cm³/mol. The van der Waals surface area contributed by atoms with E-state index < -0.39 is 0 Å². The van der Waals surface area contributed by atoms with Crippen molar-refractivity contribution in [1.82, 2.24) is 5.32 Å². The summed E-state index contributed by atoms with van der Waals surface area (Å²) in [6.07, 6.45) is 0.862. The molecule has 4 heteroatoms. The molecule has 0 aliphatic heterocycles. The smallest absolute Gasteiger partial charge is 0.171 e. The summed E-state index contributed by atoms with van der Waals surface area (Å²) < 4.78 is 0. The fraction of sp³-hybridized carbons (Fsp3) is 0.235. The Morgan fingerprint density at radius 2 is 1.67 bits per heavy atom. The standard InChI is InChI=1S/C17H19ClN2S/c1-17(2,12-13-8-10-14(18)11-9-13)20-16(21)19-15-6-4-3-5-7-15/h3-11H,12H2,1-2H3,(H2,19,20,21). The molecule has 0 saturated carbocycles. The second-order valence-electron chi connectivity index (χ2n) is 5.63. The fourth-order valence-corrected chi connectivity index (χ4v) is 2.67. The Bertz CT molecular complexity index is 594. The Kier molecular flexibility index (Phi) is 5.21. The van der Waals surface area contributed by atoms with Crippen LogP contribution in [0.1, 0.15) is 19.4 Å². The average Bonchev–Trinajstić information content (AvgIpc) is 2.41. The molecule has 0 fully saturated rings. The van der Waals surface area contributed by atoms with Gasteiger partial charge in [0.15, 0.2) is 5.11 Å². The molecule has 21 heavy (non-hydrogen) atoms. The molecule has 0 radical (unpaired) electrons. The molecule has 0 unspecified atom stereocenters. The molecular formula is C17H19ClN2S. The Labute approximate surface area is 136 Å². The van der Waals surface area contributed by atoms with E-state index >= 15 is 0 Å². The molecule has 0 aromatic heterocycles. The van der Waals surface area contributed by atoms with Crippen LogP contribution in [0.5, 0.6) is 0 Å². The van der Waals surface area contributed by atoms with E-state index in [2.05, 4.69) is 24.5 Å². The summed E-state index contributed by atoms with van der Waals surface area (Å²) in [7, 11) is 0. The summed E-state index contributed by atoms with van der Waals surface area (Å²) in [5.74, 6) is 0. The molecule has 110 valence electrons. The van der Waals surface area contributed by atoms with Gasteiger partial charge < -0.3 is 10.6 Å². The molecule has 2 nitrogen and oxygen atoms in total. The zero-order chi connectivity index (χ0) is 15.3. The lowest BCUT2D eigenvalue weighted by Gasteiger charge is -2.28. The Balaban J connectivity index is 1.93. The van der Waals surface area contributed by atoms with Gasteiger partial charge in [-0.3, -0.25) is 0 Å². The number of hydrogen-bond acceptors (Lipinski definition) is 1. The van der Waals surface area contributed by atoms with Gasteiger partial charge in [-0.2, -0.15) is 0 Å². The molecule has 0 heterocycles. The van der Waals surface area contributed by atoms with Crippen LogP contribution in [0.25, 0.3) is 0 Å². The number of nitrogens with one attached hydrogen (secondary N) is 2. The van der Waals surface area contributed by atoms with E-state index in [4.69, 9.17) is 23.8 Å². The van der Waals surface area contributed by atoms with Crippen LogP contribution in [0.15, 0.2) is 54.6 Å². The van der Waals surface area contributed by atoms with Crippen LogP contribution < -0.4 is 10.6 Å². The normalized spacial score (nSPS) is 11.0. The lowest BCUT2D eigenvalue weighted by Crippen LogP contribution is -2.46. The van der Waals surface area contributed by atoms with E-state index in [1.54, 1.807) is 0 Å². The first kappa shape index (κ1) is 15.8. The molecular weight excluding hydrogens is 300 g/mol. The minimum absolute atomic E-state index is 0.146. The Morgan fingerprint density at radius 1 is 1.05 bits per heavy atom. The van der Waals surface area contributed by atoms with Gasteiger partial charge in [0.05, 0.1) is 0 Å². The molecule has 0 aliphatic carbocycles.